The normalized spacial score (nSPS) is 11.4. The Morgan fingerprint density at radius 1 is 1.16 bits per heavy atom. The number of nitrogens with zero attached hydrogens (tertiary/aromatic N) is 1. The number of hydrogen-bond donors (Lipinski definition) is 1. The first kappa shape index (κ1) is 15.5. The van der Waals surface area contributed by atoms with Crippen LogP contribution in [0.15, 0.2) is 59.4 Å². The van der Waals surface area contributed by atoms with Gasteiger partial charge in [0.2, 0.25) is 5.91 Å². The van der Waals surface area contributed by atoms with Crippen molar-refractivity contribution in [2.24, 2.45) is 5.73 Å². The number of carbonyl (C=O) groups excluding carboxylic acids is 1. The lowest BCUT2D eigenvalue weighted by molar-refractivity contribution is 0.100. The van der Waals surface area contributed by atoms with Gasteiger partial charge in [-0.2, -0.15) is 0 Å². The van der Waals surface area contributed by atoms with Crippen LogP contribution in [0.4, 0.5) is 0 Å². The molecule has 0 radical (unpaired) electrons. The highest BCUT2D eigenvalue weighted by atomic mass is 16.5. The molecule has 0 spiro atoms. The highest BCUT2D eigenvalue weighted by molar-refractivity contribution is 6.17. The molecule has 126 valence electrons. The molecule has 4 aromatic rings. The van der Waals surface area contributed by atoms with Gasteiger partial charge in [-0.05, 0) is 29.8 Å². The third kappa shape index (κ3) is 2.58. The van der Waals surface area contributed by atoms with E-state index in [0.29, 0.717) is 18.7 Å². The minimum Gasteiger partial charge on any atom is -0.472 e. The van der Waals surface area contributed by atoms with Crippen LogP contribution >= 0.6 is 0 Å². The van der Waals surface area contributed by atoms with Crippen molar-refractivity contribution in [3.05, 3.63) is 71.7 Å². The highest BCUT2D eigenvalue weighted by Crippen LogP contribution is 2.33. The molecular formula is C20H18N2O3. The monoisotopic (exact) mass is 334 g/mol. The summed E-state index contributed by atoms with van der Waals surface area (Å²) in [5.41, 5.74) is 10.3. The molecule has 2 heterocycles. The quantitative estimate of drug-likeness (QED) is 0.605. The minimum absolute atomic E-state index is 0.422. The molecule has 2 N–H and O–H groups in total. The summed E-state index contributed by atoms with van der Waals surface area (Å²) in [6, 6.07) is 13.7. The van der Waals surface area contributed by atoms with Crippen molar-refractivity contribution in [2.45, 2.75) is 13.2 Å². The van der Waals surface area contributed by atoms with E-state index in [1.165, 1.54) is 0 Å². The van der Waals surface area contributed by atoms with Crippen molar-refractivity contribution in [2.75, 3.05) is 7.11 Å². The van der Waals surface area contributed by atoms with Gasteiger partial charge in [-0.1, -0.05) is 18.2 Å². The Kier molecular flexibility index (Phi) is 3.78. The number of rotatable bonds is 5. The van der Waals surface area contributed by atoms with E-state index in [4.69, 9.17) is 14.9 Å². The smallest absolute Gasteiger partial charge is 0.249 e. The second-order valence-corrected chi connectivity index (χ2v) is 6.07. The van der Waals surface area contributed by atoms with Gasteiger partial charge in [-0.3, -0.25) is 4.79 Å². The fraction of sp³-hybridized carbons (Fsp3) is 0.150. The second-order valence-electron chi connectivity index (χ2n) is 6.07. The van der Waals surface area contributed by atoms with E-state index >= 15 is 0 Å². The summed E-state index contributed by atoms with van der Waals surface area (Å²) >= 11 is 0. The molecule has 0 fully saturated rings. The average molecular weight is 334 g/mol. The topological polar surface area (TPSA) is 70.4 Å². The van der Waals surface area contributed by atoms with Crippen LogP contribution in [0.1, 0.15) is 21.5 Å². The van der Waals surface area contributed by atoms with Crippen LogP contribution in [-0.2, 0) is 17.9 Å². The molecule has 0 aliphatic carbocycles. The van der Waals surface area contributed by atoms with Gasteiger partial charge in [0.15, 0.2) is 0 Å². The molecule has 0 saturated carbocycles. The zero-order chi connectivity index (χ0) is 17.4. The standard InChI is InChI=1S/C20H18N2O3/c1-24-11-13-5-6-15-18(9-13)22(10-14-7-8-25-12-14)17-4-2-3-16(19(15)17)20(21)23/h2-9,12H,10-11H2,1H3,(H2,21,23). The number of aromatic nitrogens is 1. The zero-order valence-electron chi connectivity index (χ0n) is 13.9. The van der Waals surface area contributed by atoms with Gasteiger partial charge in [0.1, 0.15) is 0 Å². The maximum atomic E-state index is 11.9. The summed E-state index contributed by atoms with van der Waals surface area (Å²) in [5.74, 6) is -0.422. The highest BCUT2D eigenvalue weighted by Gasteiger charge is 2.17. The van der Waals surface area contributed by atoms with Gasteiger partial charge >= 0.3 is 0 Å². The van der Waals surface area contributed by atoms with Crippen LogP contribution in [-0.4, -0.2) is 17.6 Å². The van der Waals surface area contributed by atoms with Crippen LogP contribution in [0.5, 0.6) is 0 Å². The summed E-state index contributed by atoms with van der Waals surface area (Å²) in [5, 5.41) is 1.89. The summed E-state index contributed by atoms with van der Waals surface area (Å²) < 4.78 is 12.6. The molecule has 1 amide bonds. The van der Waals surface area contributed by atoms with Gasteiger partial charge in [-0.25, -0.2) is 0 Å². The molecule has 0 bridgehead atoms. The van der Waals surface area contributed by atoms with E-state index < -0.39 is 5.91 Å². The van der Waals surface area contributed by atoms with Crippen LogP contribution in [0.25, 0.3) is 21.8 Å². The number of fused-ring (bicyclic) bond motifs is 3. The molecule has 0 unspecified atom stereocenters. The van der Waals surface area contributed by atoms with Crippen molar-refractivity contribution in [3.63, 3.8) is 0 Å². The largest absolute Gasteiger partial charge is 0.472 e. The van der Waals surface area contributed by atoms with Gasteiger partial charge in [-0.15, -0.1) is 0 Å². The van der Waals surface area contributed by atoms with E-state index in [1.54, 1.807) is 25.7 Å². The number of benzene rings is 2. The van der Waals surface area contributed by atoms with Crippen LogP contribution in [0.3, 0.4) is 0 Å². The van der Waals surface area contributed by atoms with Crippen molar-refractivity contribution < 1.29 is 13.9 Å². The fourth-order valence-corrected chi connectivity index (χ4v) is 3.39. The van der Waals surface area contributed by atoms with E-state index in [1.807, 2.05) is 30.3 Å². The number of hydrogen-bond acceptors (Lipinski definition) is 3. The second kappa shape index (κ2) is 6.11. The maximum Gasteiger partial charge on any atom is 0.249 e. The third-order valence-electron chi connectivity index (χ3n) is 4.45. The molecule has 0 aliphatic rings. The summed E-state index contributed by atoms with van der Waals surface area (Å²) in [4.78, 5) is 11.9. The minimum atomic E-state index is -0.422. The van der Waals surface area contributed by atoms with Crippen molar-refractivity contribution in [3.8, 4) is 0 Å². The van der Waals surface area contributed by atoms with Crippen molar-refractivity contribution in [1.29, 1.82) is 0 Å². The predicted octanol–water partition coefficient (Wildman–Crippen LogP) is 3.68. The van der Waals surface area contributed by atoms with E-state index in [-0.39, 0.29) is 0 Å². The summed E-state index contributed by atoms with van der Waals surface area (Å²) in [6.07, 6.45) is 3.39. The SMILES string of the molecule is COCc1ccc2c3c(C(N)=O)cccc3n(Cc3ccoc3)c2c1. The van der Waals surface area contributed by atoms with Crippen molar-refractivity contribution in [1.82, 2.24) is 4.57 Å². The number of nitrogens with two attached hydrogens (primary N) is 1. The van der Waals surface area contributed by atoms with E-state index in [0.717, 1.165) is 32.9 Å². The Balaban J connectivity index is 2.05. The summed E-state index contributed by atoms with van der Waals surface area (Å²) in [7, 11) is 1.68. The lowest BCUT2D eigenvalue weighted by atomic mass is 10.0. The van der Waals surface area contributed by atoms with Gasteiger partial charge in [0, 0.05) is 34.5 Å². The molecule has 4 rings (SSSR count). The molecule has 2 aromatic heterocycles. The van der Waals surface area contributed by atoms with Crippen molar-refractivity contribution >= 4 is 27.7 Å². The third-order valence-corrected chi connectivity index (χ3v) is 4.45. The zero-order valence-corrected chi connectivity index (χ0v) is 13.9. The van der Waals surface area contributed by atoms with Crippen LogP contribution < -0.4 is 5.73 Å². The maximum absolute atomic E-state index is 11.9. The molecule has 5 heteroatoms. The van der Waals surface area contributed by atoms with Gasteiger partial charge in [0.05, 0.1) is 31.2 Å². The van der Waals surface area contributed by atoms with E-state index in [9.17, 15) is 4.79 Å². The number of primary amides is 1. The molecular weight excluding hydrogens is 316 g/mol. The molecule has 0 aliphatic heterocycles. The Labute approximate surface area is 144 Å². The molecule has 5 nitrogen and oxygen atoms in total. The average Bonchev–Trinajstić information content (AvgIpc) is 3.22. The first-order chi connectivity index (χ1) is 12.2. The number of furan rings is 1. The molecule has 0 atom stereocenters. The molecule has 0 saturated heterocycles. The van der Waals surface area contributed by atoms with E-state index in [2.05, 4.69) is 10.6 Å². The van der Waals surface area contributed by atoms with Gasteiger partial charge in [0.25, 0.3) is 0 Å². The van der Waals surface area contributed by atoms with Crippen LogP contribution in [0.2, 0.25) is 0 Å². The first-order valence-corrected chi connectivity index (χ1v) is 8.02. The lowest BCUT2D eigenvalue weighted by Crippen LogP contribution is -2.11. The number of methoxy groups -OCH3 is 1. The Morgan fingerprint density at radius 2 is 2.04 bits per heavy atom. The predicted molar refractivity (Wildman–Crippen MR) is 96.5 cm³/mol. The fourth-order valence-electron chi connectivity index (χ4n) is 3.39. The van der Waals surface area contributed by atoms with Gasteiger partial charge < -0.3 is 19.5 Å². The number of carbonyl (C=O) groups is 1. The molecule has 25 heavy (non-hydrogen) atoms. The Hall–Kier alpha value is -3.05. The number of ether oxygens (including phenoxy) is 1. The Bertz CT molecular complexity index is 1060. The summed E-state index contributed by atoms with van der Waals surface area (Å²) in [6.45, 7) is 1.18. The Morgan fingerprint density at radius 3 is 2.76 bits per heavy atom. The molecule has 2 aromatic carbocycles. The van der Waals surface area contributed by atoms with Crippen LogP contribution in [0, 0.1) is 0 Å². The first-order valence-electron chi connectivity index (χ1n) is 8.02. The number of amides is 1. The lowest BCUT2D eigenvalue weighted by Gasteiger charge is -2.07.